The van der Waals surface area contributed by atoms with Crippen molar-refractivity contribution in [2.45, 2.75) is 38.5 Å². The fourth-order valence-electron chi connectivity index (χ4n) is 3.66. The molecule has 1 N–H and O–H groups in total. The van der Waals surface area contributed by atoms with Gasteiger partial charge in [0.25, 0.3) is 0 Å². The van der Waals surface area contributed by atoms with Gasteiger partial charge in [-0.2, -0.15) is 0 Å². The highest BCUT2D eigenvalue weighted by atomic mass is 16.3. The summed E-state index contributed by atoms with van der Waals surface area (Å²) in [5, 5.41) is 9.70. The fraction of sp³-hybridized carbons (Fsp3) is 0.556. The number of rotatable bonds is 3. The number of benzene rings is 1. The van der Waals surface area contributed by atoms with E-state index in [0.717, 1.165) is 13.0 Å². The lowest BCUT2D eigenvalue weighted by Gasteiger charge is -2.23. The van der Waals surface area contributed by atoms with Crippen molar-refractivity contribution in [1.29, 1.82) is 0 Å². The van der Waals surface area contributed by atoms with Crippen molar-refractivity contribution in [1.82, 2.24) is 0 Å². The molecule has 1 aliphatic heterocycles. The molecule has 0 radical (unpaired) electrons. The Kier molecular flexibility index (Phi) is 4.11. The summed E-state index contributed by atoms with van der Waals surface area (Å²) in [5.74, 6) is 0.602. The summed E-state index contributed by atoms with van der Waals surface area (Å²) in [6.45, 7) is 1.33. The van der Waals surface area contributed by atoms with Gasteiger partial charge in [-0.05, 0) is 54.0 Å². The van der Waals surface area contributed by atoms with Gasteiger partial charge in [0, 0.05) is 19.3 Å². The molecule has 2 aliphatic rings. The van der Waals surface area contributed by atoms with E-state index >= 15 is 0 Å². The first-order chi connectivity index (χ1) is 9.78. The van der Waals surface area contributed by atoms with Gasteiger partial charge in [0.05, 0.1) is 6.61 Å². The number of likely N-dealkylation sites (N-methyl/N-ethyl adjacent to an activating group) is 1. The van der Waals surface area contributed by atoms with Crippen LogP contribution in [0, 0.1) is 5.92 Å². The van der Waals surface area contributed by atoms with Crippen LogP contribution >= 0.6 is 0 Å². The van der Waals surface area contributed by atoms with Gasteiger partial charge in [-0.25, -0.2) is 0 Å². The second-order valence-electron chi connectivity index (χ2n) is 6.27. The first kappa shape index (κ1) is 13.7. The van der Waals surface area contributed by atoms with Crippen LogP contribution in [-0.2, 0) is 6.42 Å². The van der Waals surface area contributed by atoms with Gasteiger partial charge in [0.15, 0.2) is 0 Å². The Morgan fingerprint density at radius 3 is 2.85 bits per heavy atom. The Morgan fingerprint density at radius 1 is 1.30 bits per heavy atom. The van der Waals surface area contributed by atoms with E-state index in [-0.39, 0.29) is 6.61 Å². The Bertz CT molecular complexity index is 500. The van der Waals surface area contributed by atoms with E-state index in [1.54, 1.807) is 0 Å². The van der Waals surface area contributed by atoms with Crippen LogP contribution in [0.1, 0.15) is 43.2 Å². The van der Waals surface area contributed by atoms with Gasteiger partial charge in [-0.1, -0.05) is 31.4 Å². The van der Waals surface area contributed by atoms with Crippen LogP contribution in [0.15, 0.2) is 23.8 Å². The third-order valence-corrected chi connectivity index (χ3v) is 4.90. The molecule has 0 saturated heterocycles. The largest absolute Gasteiger partial charge is 0.392 e. The fourth-order valence-corrected chi connectivity index (χ4v) is 3.66. The third-order valence-electron chi connectivity index (χ3n) is 4.90. The predicted octanol–water partition coefficient (Wildman–Crippen LogP) is 3.63. The lowest BCUT2D eigenvalue weighted by Crippen LogP contribution is -2.12. The maximum absolute atomic E-state index is 9.70. The van der Waals surface area contributed by atoms with Gasteiger partial charge in [-0.15, -0.1) is 0 Å². The van der Waals surface area contributed by atoms with Crippen LogP contribution in [0.4, 0.5) is 5.69 Å². The van der Waals surface area contributed by atoms with E-state index in [4.69, 9.17) is 0 Å². The molecule has 20 heavy (non-hydrogen) atoms. The van der Waals surface area contributed by atoms with E-state index in [1.807, 2.05) is 0 Å². The highest BCUT2D eigenvalue weighted by Gasteiger charge is 2.18. The highest BCUT2D eigenvalue weighted by Crippen LogP contribution is 2.32. The van der Waals surface area contributed by atoms with E-state index < -0.39 is 0 Å². The number of aliphatic hydroxyl groups excluding tert-OH is 1. The molecule has 1 aromatic rings. The van der Waals surface area contributed by atoms with Crippen LogP contribution in [-0.4, -0.2) is 25.3 Å². The van der Waals surface area contributed by atoms with Crippen LogP contribution in [0.3, 0.4) is 0 Å². The zero-order chi connectivity index (χ0) is 13.9. The van der Waals surface area contributed by atoms with Crippen molar-refractivity contribution in [2.24, 2.45) is 5.92 Å². The molecule has 1 aromatic carbocycles. The Balaban J connectivity index is 1.82. The van der Waals surface area contributed by atoms with E-state index in [0.29, 0.717) is 5.92 Å². The Morgan fingerprint density at radius 2 is 2.10 bits per heavy atom. The molecule has 1 heterocycles. The molecule has 0 amide bonds. The minimum absolute atomic E-state index is 0.210. The highest BCUT2D eigenvalue weighted by molar-refractivity contribution is 5.64. The minimum atomic E-state index is 0.210. The monoisotopic (exact) mass is 271 g/mol. The van der Waals surface area contributed by atoms with Crippen molar-refractivity contribution in [3.63, 3.8) is 0 Å². The van der Waals surface area contributed by atoms with Crippen molar-refractivity contribution in [2.75, 3.05) is 25.1 Å². The normalized spacial score (nSPS) is 20.3. The van der Waals surface area contributed by atoms with Gasteiger partial charge in [0.2, 0.25) is 0 Å². The zero-order valence-electron chi connectivity index (χ0n) is 12.4. The third kappa shape index (κ3) is 2.76. The average Bonchev–Trinajstić information content (AvgIpc) is 2.86. The molecule has 0 atom stereocenters. The number of anilines is 1. The standard InChI is InChI=1S/C18H25NO/c1-19-10-9-16-11-14(7-8-18(16)19)12-17(13-20)15-5-3-2-4-6-15/h7-8,11-12,15,20H,2-6,9-10,13H2,1H3/b17-12-. The van der Waals surface area contributed by atoms with E-state index in [1.165, 1.54) is 54.5 Å². The number of hydrogen-bond donors (Lipinski definition) is 1. The summed E-state index contributed by atoms with van der Waals surface area (Å²) in [5.41, 5.74) is 5.30. The quantitative estimate of drug-likeness (QED) is 0.907. The first-order valence-electron chi connectivity index (χ1n) is 7.93. The molecule has 2 heteroatoms. The van der Waals surface area contributed by atoms with Crippen LogP contribution in [0.5, 0.6) is 0 Å². The van der Waals surface area contributed by atoms with Crippen molar-refractivity contribution < 1.29 is 5.11 Å². The molecule has 0 aromatic heterocycles. The van der Waals surface area contributed by atoms with Gasteiger partial charge in [-0.3, -0.25) is 0 Å². The van der Waals surface area contributed by atoms with Crippen molar-refractivity contribution in [3.8, 4) is 0 Å². The summed E-state index contributed by atoms with van der Waals surface area (Å²) in [7, 11) is 2.16. The van der Waals surface area contributed by atoms with Gasteiger partial charge >= 0.3 is 0 Å². The molecule has 2 nitrogen and oxygen atoms in total. The van der Waals surface area contributed by atoms with Crippen LogP contribution < -0.4 is 4.90 Å². The lowest BCUT2D eigenvalue weighted by atomic mass is 9.83. The molecule has 1 aliphatic carbocycles. The Hall–Kier alpha value is -1.28. The van der Waals surface area contributed by atoms with Crippen LogP contribution in [0.25, 0.3) is 6.08 Å². The molecule has 3 rings (SSSR count). The van der Waals surface area contributed by atoms with E-state index in [9.17, 15) is 5.11 Å². The zero-order valence-corrected chi connectivity index (χ0v) is 12.4. The number of hydrogen-bond acceptors (Lipinski definition) is 2. The SMILES string of the molecule is CN1CCc2cc(/C=C(/CO)C3CCCCC3)ccc21. The summed E-state index contributed by atoms with van der Waals surface area (Å²) < 4.78 is 0. The molecule has 0 unspecified atom stereocenters. The number of aliphatic hydroxyl groups is 1. The molecule has 0 bridgehead atoms. The second kappa shape index (κ2) is 6.01. The molecule has 1 saturated carbocycles. The molecular formula is C18H25NO. The predicted molar refractivity (Wildman–Crippen MR) is 85.1 cm³/mol. The van der Waals surface area contributed by atoms with Crippen molar-refractivity contribution >= 4 is 11.8 Å². The summed E-state index contributed by atoms with van der Waals surface area (Å²) in [6, 6.07) is 6.72. The molecule has 108 valence electrons. The van der Waals surface area contributed by atoms with E-state index in [2.05, 4.69) is 36.2 Å². The van der Waals surface area contributed by atoms with Gasteiger partial charge < -0.3 is 10.0 Å². The molecule has 0 spiro atoms. The summed E-state index contributed by atoms with van der Waals surface area (Å²) in [6.07, 6.45) is 9.87. The maximum Gasteiger partial charge on any atom is 0.0647 e. The van der Waals surface area contributed by atoms with Gasteiger partial charge in [0.1, 0.15) is 0 Å². The average molecular weight is 271 g/mol. The number of nitrogens with zero attached hydrogens (tertiary/aromatic N) is 1. The maximum atomic E-state index is 9.70. The molecular weight excluding hydrogens is 246 g/mol. The summed E-state index contributed by atoms with van der Waals surface area (Å²) >= 11 is 0. The second-order valence-corrected chi connectivity index (χ2v) is 6.27. The van der Waals surface area contributed by atoms with Crippen molar-refractivity contribution in [3.05, 3.63) is 34.9 Å². The molecule has 1 fully saturated rings. The summed E-state index contributed by atoms with van der Waals surface area (Å²) in [4.78, 5) is 2.32. The number of fused-ring (bicyclic) bond motifs is 1. The smallest absolute Gasteiger partial charge is 0.0647 e. The minimum Gasteiger partial charge on any atom is -0.392 e. The lowest BCUT2D eigenvalue weighted by molar-refractivity contribution is 0.295. The first-order valence-corrected chi connectivity index (χ1v) is 7.93. The Labute approximate surface area is 122 Å². The topological polar surface area (TPSA) is 23.5 Å². The van der Waals surface area contributed by atoms with Crippen LogP contribution in [0.2, 0.25) is 0 Å².